The molecule has 0 radical (unpaired) electrons. The van der Waals surface area contributed by atoms with Crippen LogP contribution in [0.3, 0.4) is 0 Å². The average molecular weight is 319 g/mol. The highest BCUT2D eigenvalue weighted by atomic mass is 35.5. The van der Waals surface area contributed by atoms with Crippen LogP contribution in [-0.2, 0) is 4.79 Å². The molecule has 2 rings (SSSR count). The van der Waals surface area contributed by atoms with Gasteiger partial charge in [0, 0.05) is 9.92 Å². The van der Waals surface area contributed by atoms with Gasteiger partial charge in [0.1, 0.15) is 0 Å². The first kappa shape index (κ1) is 15.6. The molecule has 5 heteroatoms. The monoisotopic (exact) mass is 318 g/mol. The van der Waals surface area contributed by atoms with Gasteiger partial charge in [0.2, 0.25) is 0 Å². The number of halogens is 1. The fourth-order valence-electron chi connectivity index (χ4n) is 1.57. The van der Waals surface area contributed by atoms with Crippen LogP contribution < -0.4 is 5.43 Å². The summed E-state index contributed by atoms with van der Waals surface area (Å²) in [6, 6.07) is 17.0. The highest BCUT2D eigenvalue weighted by Crippen LogP contribution is 2.24. The SMILES string of the molecule is CC(Sc1ccc(Cl)cc1)C(=O)N/N=C/c1ccccc1. The Morgan fingerprint density at radius 3 is 2.52 bits per heavy atom. The van der Waals surface area contributed by atoms with Crippen LogP contribution in [0.1, 0.15) is 12.5 Å². The number of hydrazone groups is 1. The summed E-state index contributed by atoms with van der Waals surface area (Å²) in [5.41, 5.74) is 3.49. The fraction of sp³-hybridized carbons (Fsp3) is 0.125. The Kier molecular flexibility index (Phi) is 5.84. The zero-order valence-corrected chi connectivity index (χ0v) is 13.1. The molecular formula is C16H15ClN2OS. The Morgan fingerprint density at radius 1 is 1.19 bits per heavy atom. The third-order valence-electron chi connectivity index (χ3n) is 2.68. The molecule has 2 aromatic carbocycles. The van der Waals surface area contributed by atoms with Crippen LogP contribution in [-0.4, -0.2) is 17.4 Å². The van der Waals surface area contributed by atoms with Crippen LogP contribution >= 0.6 is 23.4 Å². The van der Waals surface area contributed by atoms with Gasteiger partial charge in [-0.1, -0.05) is 41.9 Å². The molecule has 21 heavy (non-hydrogen) atoms. The van der Waals surface area contributed by atoms with E-state index in [2.05, 4.69) is 10.5 Å². The molecule has 0 aliphatic heterocycles. The van der Waals surface area contributed by atoms with Crippen LogP contribution in [0.4, 0.5) is 0 Å². The van der Waals surface area contributed by atoms with E-state index in [1.54, 1.807) is 6.21 Å². The Balaban J connectivity index is 1.85. The number of nitrogens with zero attached hydrogens (tertiary/aromatic N) is 1. The molecule has 1 amide bonds. The van der Waals surface area contributed by atoms with Gasteiger partial charge in [-0.05, 0) is 36.8 Å². The van der Waals surface area contributed by atoms with Crippen LogP contribution in [0.15, 0.2) is 64.6 Å². The molecule has 1 N–H and O–H groups in total. The van der Waals surface area contributed by atoms with E-state index in [9.17, 15) is 4.79 Å². The Morgan fingerprint density at radius 2 is 1.86 bits per heavy atom. The summed E-state index contributed by atoms with van der Waals surface area (Å²) in [6.45, 7) is 1.84. The first-order valence-corrected chi connectivity index (χ1v) is 7.71. The molecule has 0 aliphatic rings. The molecule has 2 aromatic rings. The van der Waals surface area contributed by atoms with E-state index in [4.69, 9.17) is 11.6 Å². The van der Waals surface area contributed by atoms with Crippen molar-refractivity contribution in [2.75, 3.05) is 0 Å². The molecule has 108 valence electrons. The molecule has 0 aliphatic carbocycles. The van der Waals surface area contributed by atoms with Crippen molar-refractivity contribution in [3.63, 3.8) is 0 Å². The number of benzene rings is 2. The smallest absolute Gasteiger partial charge is 0.253 e. The van der Waals surface area contributed by atoms with Crippen molar-refractivity contribution in [1.82, 2.24) is 5.43 Å². The predicted octanol–water partition coefficient (Wildman–Crippen LogP) is 3.97. The second-order valence-corrected chi connectivity index (χ2v) is 6.21. The van der Waals surface area contributed by atoms with Crippen molar-refractivity contribution in [3.05, 3.63) is 65.2 Å². The van der Waals surface area contributed by atoms with E-state index >= 15 is 0 Å². The van der Waals surface area contributed by atoms with E-state index in [1.165, 1.54) is 11.8 Å². The second kappa shape index (κ2) is 7.86. The third-order valence-corrected chi connectivity index (χ3v) is 4.05. The van der Waals surface area contributed by atoms with Crippen molar-refractivity contribution in [1.29, 1.82) is 0 Å². The summed E-state index contributed by atoms with van der Waals surface area (Å²) >= 11 is 7.29. The number of rotatable bonds is 5. The zero-order valence-electron chi connectivity index (χ0n) is 11.5. The minimum atomic E-state index is -0.237. The number of carbonyl (C=O) groups excluding carboxylic acids is 1. The van der Waals surface area contributed by atoms with Crippen molar-refractivity contribution >= 4 is 35.5 Å². The summed E-state index contributed by atoms with van der Waals surface area (Å²) in [7, 11) is 0. The summed E-state index contributed by atoms with van der Waals surface area (Å²) in [4.78, 5) is 12.9. The lowest BCUT2D eigenvalue weighted by Crippen LogP contribution is -2.26. The molecule has 3 nitrogen and oxygen atoms in total. The van der Waals surface area contributed by atoms with Crippen molar-refractivity contribution in [2.45, 2.75) is 17.1 Å². The summed E-state index contributed by atoms with van der Waals surface area (Å²) in [6.07, 6.45) is 1.62. The standard InChI is InChI=1S/C16H15ClN2OS/c1-12(21-15-9-7-14(17)8-10-15)16(20)19-18-11-13-5-3-2-4-6-13/h2-12H,1H3,(H,19,20)/b18-11+. The van der Waals surface area contributed by atoms with Gasteiger partial charge in [0.15, 0.2) is 0 Å². The molecule has 0 heterocycles. The van der Waals surface area contributed by atoms with Crippen LogP contribution in [0.25, 0.3) is 0 Å². The largest absolute Gasteiger partial charge is 0.272 e. The minimum Gasteiger partial charge on any atom is -0.272 e. The Hall–Kier alpha value is -1.78. The Labute approximate surface area is 133 Å². The molecular weight excluding hydrogens is 304 g/mol. The molecule has 1 atom stereocenters. The minimum absolute atomic E-state index is 0.137. The molecule has 0 saturated carbocycles. The van der Waals surface area contributed by atoms with Gasteiger partial charge in [0.25, 0.3) is 5.91 Å². The summed E-state index contributed by atoms with van der Waals surface area (Å²) < 4.78 is 0. The van der Waals surface area contributed by atoms with Crippen LogP contribution in [0.2, 0.25) is 5.02 Å². The van der Waals surface area contributed by atoms with Gasteiger partial charge in [-0.15, -0.1) is 11.8 Å². The van der Waals surface area contributed by atoms with Crippen LogP contribution in [0.5, 0.6) is 0 Å². The van der Waals surface area contributed by atoms with Gasteiger partial charge in [-0.3, -0.25) is 4.79 Å². The third kappa shape index (κ3) is 5.25. The highest BCUT2D eigenvalue weighted by molar-refractivity contribution is 8.00. The maximum Gasteiger partial charge on any atom is 0.253 e. The lowest BCUT2D eigenvalue weighted by molar-refractivity contribution is -0.120. The molecule has 0 saturated heterocycles. The fourth-order valence-corrected chi connectivity index (χ4v) is 2.56. The van der Waals surface area contributed by atoms with E-state index < -0.39 is 0 Å². The molecule has 0 fully saturated rings. The summed E-state index contributed by atoms with van der Waals surface area (Å²) in [5.74, 6) is -0.137. The number of hydrogen-bond acceptors (Lipinski definition) is 3. The van der Waals surface area contributed by atoms with Gasteiger partial charge in [-0.2, -0.15) is 5.10 Å². The van der Waals surface area contributed by atoms with E-state index in [0.29, 0.717) is 5.02 Å². The quantitative estimate of drug-likeness (QED) is 0.515. The van der Waals surface area contributed by atoms with E-state index in [0.717, 1.165) is 10.5 Å². The van der Waals surface area contributed by atoms with Crippen molar-refractivity contribution in [3.8, 4) is 0 Å². The number of thioether (sulfide) groups is 1. The maximum atomic E-state index is 11.9. The predicted molar refractivity (Wildman–Crippen MR) is 88.9 cm³/mol. The van der Waals surface area contributed by atoms with E-state index in [1.807, 2.05) is 61.5 Å². The Bertz CT molecular complexity index is 614. The van der Waals surface area contributed by atoms with Crippen molar-refractivity contribution in [2.24, 2.45) is 5.10 Å². The van der Waals surface area contributed by atoms with Crippen molar-refractivity contribution < 1.29 is 4.79 Å². The maximum absolute atomic E-state index is 11.9. The van der Waals surface area contributed by atoms with E-state index in [-0.39, 0.29) is 11.2 Å². The van der Waals surface area contributed by atoms with Gasteiger partial charge in [0.05, 0.1) is 11.5 Å². The number of carbonyl (C=O) groups is 1. The lowest BCUT2D eigenvalue weighted by atomic mass is 10.2. The topological polar surface area (TPSA) is 41.5 Å². The molecule has 0 aromatic heterocycles. The lowest BCUT2D eigenvalue weighted by Gasteiger charge is -2.09. The number of hydrogen-bond donors (Lipinski definition) is 1. The normalized spacial score (nSPS) is 12.3. The first-order valence-electron chi connectivity index (χ1n) is 6.45. The van der Waals surface area contributed by atoms with Gasteiger partial charge < -0.3 is 0 Å². The highest BCUT2D eigenvalue weighted by Gasteiger charge is 2.13. The number of nitrogens with one attached hydrogen (secondary N) is 1. The molecule has 0 spiro atoms. The zero-order chi connectivity index (χ0) is 15.1. The first-order chi connectivity index (χ1) is 10.1. The molecule has 0 bridgehead atoms. The second-order valence-electron chi connectivity index (χ2n) is 4.36. The van der Waals surface area contributed by atoms with Gasteiger partial charge >= 0.3 is 0 Å². The number of amides is 1. The molecule has 1 unspecified atom stereocenters. The van der Waals surface area contributed by atoms with Crippen LogP contribution in [0, 0.1) is 0 Å². The average Bonchev–Trinajstić information content (AvgIpc) is 2.50. The summed E-state index contributed by atoms with van der Waals surface area (Å²) in [5, 5.41) is 4.41. The van der Waals surface area contributed by atoms with Gasteiger partial charge in [-0.25, -0.2) is 5.43 Å².